The summed E-state index contributed by atoms with van der Waals surface area (Å²) in [5.74, 6) is -0.742. The van der Waals surface area contributed by atoms with Gasteiger partial charge in [-0.3, -0.25) is 4.79 Å². The maximum absolute atomic E-state index is 12.3. The molecule has 3 nitrogen and oxygen atoms in total. The molecule has 0 radical (unpaired) electrons. The molecule has 17 heavy (non-hydrogen) atoms. The number of hydrogen-bond acceptors (Lipinski definition) is 2. The Bertz CT molecular complexity index is 512. The standard InChI is InChI=1S/C11H7F3N2O/c12-11(13,14)9-3-1-7(2-4-10(16)17)8(5-9)6-15/h1-5H,(H2,16,17). The van der Waals surface area contributed by atoms with Crippen LogP contribution in [0.3, 0.4) is 0 Å². The van der Waals surface area contributed by atoms with E-state index in [1.165, 1.54) is 6.08 Å². The van der Waals surface area contributed by atoms with Gasteiger partial charge in [-0.05, 0) is 23.8 Å². The van der Waals surface area contributed by atoms with Gasteiger partial charge in [0.05, 0.1) is 17.2 Å². The predicted molar refractivity (Wildman–Crippen MR) is 54.4 cm³/mol. The zero-order valence-corrected chi connectivity index (χ0v) is 8.45. The average Bonchev–Trinajstić information content (AvgIpc) is 2.24. The van der Waals surface area contributed by atoms with Gasteiger partial charge in [-0.15, -0.1) is 0 Å². The van der Waals surface area contributed by atoms with Gasteiger partial charge < -0.3 is 5.73 Å². The van der Waals surface area contributed by atoms with E-state index in [0.29, 0.717) is 0 Å². The van der Waals surface area contributed by atoms with Crippen LogP contribution in [0, 0.1) is 11.3 Å². The topological polar surface area (TPSA) is 66.9 Å². The Hall–Kier alpha value is -2.29. The van der Waals surface area contributed by atoms with Crippen LogP contribution in [-0.4, -0.2) is 5.91 Å². The molecular weight excluding hydrogens is 233 g/mol. The fraction of sp³-hybridized carbons (Fsp3) is 0.0909. The Balaban J connectivity index is 3.20. The van der Waals surface area contributed by atoms with Crippen molar-refractivity contribution in [1.82, 2.24) is 0 Å². The van der Waals surface area contributed by atoms with Gasteiger partial charge in [-0.1, -0.05) is 6.07 Å². The van der Waals surface area contributed by atoms with Crippen molar-refractivity contribution in [2.24, 2.45) is 5.73 Å². The molecule has 2 N–H and O–H groups in total. The van der Waals surface area contributed by atoms with Crippen LogP contribution in [0.25, 0.3) is 6.08 Å². The molecule has 0 saturated carbocycles. The van der Waals surface area contributed by atoms with Crippen molar-refractivity contribution < 1.29 is 18.0 Å². The SMILES string of the molecule is N#Cc1cc(C(F)(F)F)ccc1C=CC(N)=O. The largest absolute Gasteiger partial charge is 0.416 e. The molecule has 1 rings (SSSR count). The molecule has 0 fully saturated rings. The van der Waals surface area contributed by atoms with Crippen LogP contribution in [0.5, 0.6) is 0 Å². The van der Waals surface area contributed by atoms with Crippen molar-refractivity contribution >= 4 is 12.0 Å². The molecule has 0 heterocycles. The number of nitrogens with two attached hydrogens (primary N) is 1. The van der Waals surface area contributed by atoms with E-state index < -0.39 is 17.6 Å². The van der Waals surface area contributed by atoms with Crippen LogP contribution in [0.15, 0.2) is 24.3 Å². The highest BCUT2D eigenvalue weighted by atomic mass is 19.4. The number of halogens is 3. The molecule has 6 heteroatoms. The van der Waals surface area contributed by atoms with Gasteiger partial charge in [0, 0.05) is 6.08 Å². The van der Waals surface area contributed by atoms with E-state index in [2.05, 4.69) is 0 Å². The van der Waals surface area contributed by atoms with E-state index >= 15 is 0 Å². The lowest BCUT2D eigenvalue weighted by molar-refractivity contribution is -0.137. The second kappa shape index (κ2) is 4.70. The summed E-state index contributed by atoms with van der Waals surface area (Å²) in [6.45, 7) is 0. The van der Waals surface area contributed by atoms with E-state index in [-0.39, 0.29) is 11.1 Å². The summed E-state index contributed by atoms with van der Waals surface area (Å²) >= 11 is 0. The fourth-order valence-electron chi connectivity index (χ4n) is 1.15. The first kappa shape index (κ1) is 12.8. The smallest absolute Gasteiger partial charge is 0.366 e. The van der Waals surface area contributed by atoms with Crippen molar-refractivity contribution in [3.8, 4) is 6.07 Å². The molecule has 1 amide bonds. The Morgan fingerprint density at radius 3 is 2.53 bits per heavy atom. The third kappa shape index (κ3) is 3.34. The van der Waals surface area contributed by atoms with Crippen molar-refractivity contribution in [2.75, 3.05) is 0 Å². The second-order valence-corrected chi connectivity index (χ2v) is 3.15. The summed E-state index contributed by atoms with van der Waals surface area (Å²) in [4.78, 5) is 10.5. The number of rotatable bonds is 2. The zero-order valence-electron chi connectivity index (χ0n) is 8.45. The average molecular weight is 240 g/mol. The Morgan fingerprint density at radius 1 is 1.41 bits per heavy atom. The number of carbonyl (C=O) groups excluding carboxylic acids is 1. The zero-order chi connectivity index (χ0) is 13.1. The highest BCUT2D eigenvalue weighted by Gasteiger charge is 2.30. The summed E-state index contributed by atoms with van der Waals surface area (Å²) in [5.41, 5.74) is 3.97. The highest BCUT2D eigenvalue weighted by Crippen LogP contribution is 2.30. The van der Waals surface area contributed by atoms with Crippen LogP contribution in [-0.2, 0) is 11.0 Å². The summed E-state index contributed by atoms with van der Waals surface area (Å²) in [6, 6.07) is 4.30. The summed E-state index contributed by atoms with van der Waals surface area (Å²) in [6.07, 6.45) is -2.33. The first-order chi connectivity index (χ1) is 7.84. The molecule has 0 aliphatic rings. The molecule has 1 aromatic rings. The molecule has 0 aliphatic carbocycles. The number of nitriles is 1. The summed E-state index contributed by atoms with van der Waals surface area (Å²) < 4.78 is 37.0. The molecule has 0 aromatic heterocycles. The van der Waals surface area contributed by atoms with Crippen LogP contribution in [0.2, 0.25) is 0 Å². The first-order valence-electron chi connectivity index (χ1n) is 4.43. The van der Waals surface area contributed by atoms with E-state index in [9.17, 15) is 18.0 Å². The number of amides is 1. The van der Waals surface area contributed by atoms with Crippen molar-refractivity contribution in [1.29, 1.82) is 5.26 Å². The number of carbonyl (C=O) groups is 1. The second-order valence-electron chi connectivity index (χ2n) is 3.15. The number of benzene rings is 1. The monoisotopic (exact) mass is 240 g/mol. The summed E-state index contributed by atoms with van der Waals surface area (Å²) in [7, 11) is 0. The van der Waals surface area contributed by atoms with Crippen LogP contribution in [0.1, 0.15) is 16.7 Å². The van der Waals surface area contributed by atoms with Gasteiger partial charge in [0.1, 0.15) is 0 Å². The number of primary amides is 1. The lowest BCUT2D eigenvalue weighted by atomic mass is 10.0. The van der Waals surface area contributed by atoms with Crippen molar-refractivity contribution in [3.05, 3.63) is 41.0 Å². The van der Waals surface area contributed by atoms with E-state index in [1.807, 2.05) is 0 Å². The fourth-order valence-corrected chi connectivity index (χ4v) is 1.15. The number of nitrogens with zero attached hydrogens (tertiary/aromatic N) is 1. The van der Waals surface area contributed by atoms with Gasteiger partial charge in [0.25, 0.3) is 0 Å². The van der Waals surface area contributed by atoms with Gasteiger partial charge in [-0.2, -0.15) is 18.4 Å². The Kier molecular flexibility index (Phi) is 3.53. The van der Waals surface area contributed by atoms with E-state index in [4.69, 9.17) is 11.0 Å². The Morgan fingerprint density at radius 2 is 2.06 bits per heavy atom. The quantitative estimate of drug-likeness (QED) is 0.804. The number of hydrogen-bond donors (Lipinski definition) is 1. The third-order valence-electron chi connectivity index (χ3n) is 1.93. The highest BCUT2D eigenvalue weighted by molar-refractivity contribution is 5.90. The van der Waals surface area contributed by atoms with E-state index in [0.717, 1.165) is 24.3 Å². The molecular formula is C11H7F3N2O. The third-order valence-corrected chi connectivity index (χ3v) is 1.93. The van der Waals surface area contributed by atoms with Gasteiger partial charge >= 0.3 is 6.18 Å². The van der Waals surface area contributed by atoms with Crippen molar-refractivity contribution in [3.63, 3.8) is 0 Å². The molecule has 0 saturated heterocycles. The normalized spacial score (nSPS) is 11.4. The minimum atomic E-state index is -4.50. The lowest BCUT2D eigenvalue weighted by Crippen LogP contribution is -2.06. The summed E-state index contributed by atoms with van der Waals surface area (Å²) in [5, 5.41) is 8.71. The molecule has 0 aliphatic heterocycles. The van der Waals surface area contributed by atoms with Gasteiger partial charge in [0.2, 0.25) is 5.91 Å². The van der Waals surface area contributed by atoms with Crippen LogP contribution < -0.4 is 5.73 Å². The number of alkyl halides is 3. The first-order valence-corrected chi connectivity index (χ1v) is 4.43. The Labute approximate surface area is 95.0 Å². The van der Waals surface area contributed by atoms with E-state index in [1.54, 1.807) is 6.07 Å². The van der Waals surface area contributed by atoms with Crippen LogP contribution in [0.4, 0.5) is 13.2 Å². The minimum absolute atomic E-state index is 0.169. The minimum Gasteiger partial charge on any atom is -0.366 e. The maximum atomic E-state index is 12.3. The predicted octanol–water partition coefficient (Wildman–Crippen LogP) is 2.08. The maximum Gasteiger partial charge on any atom is 0.416 e. The van der Waals surface area contributed by atoms with Crippen LogP contribution >= 0.6 is 0 Å². The van der Waals surface area contributed by atoms with Gasteiger partial charge in [-0.25, -0.2) is 0 Å². The molecule has 0 bridgehead atoms. The molecule has 88 valence electrons. The molecule has 0 atom stereocenters. The molecule has 0 unspecified atom stereocenters. The van der Waals surface area contributed by atoms with Gasteiger partial charge in [0.15, 0.2) is 0 Å². The lowest BCUT2D eigenvalue weighted by Gasteiger charge is -2.07. The molecule has 1 aromatic carbocycles. The molecule has 0 spiro atoms. The van der Waals surface area contributed by atoms with Crippen molar-refractivity contribution in [2.45, 2.75) is 6.18 Å².